The lowest BCUT2D eigenvalue weighted by atomic mass is 10.1. The Morgan fingerprint density at radius 1 is 0.967 bits per heavy atom. The van der Waals surface area contributed by atoms with E-state index in [2.05, 4.69) is 44.6 Å². The number of benzene rings is 2. The van der Waals surface area contributed by atoms with Crippen molar-refractivity contribution < 1.29 is 13.2 Å². The topological polar surface area (TPSA) is 91.8 Å². The molecule has 30 heavy (non-hydrogen) atoms. The second-order valence-corrected chi connectivity index (χ2v) is 8.51. The summed E-state index contributed by atoms with van der Waals surface area (Å²) in [6.45, 7) is 4.66. The van der Waals surface area contributed by atoms with Crippen LogP contribution >= 0.6 is 0 Å². The van der Waals surface area contributed by atoms with Crippen molar-refractivity contribution >= 4 is 16.0 Å². The SMILES string of the molecule is CCNC(=NCc1ccc(S(=O)(=O)NCCOC)cc1)NCCCc1ccccc1. The molecule has 0 aromatic heterocycles. The average Bonchev–Trinajstić information content (AvgIpc) is 2.76. The molecule has 0 amide bonds. The van der Waals surface area contributed by atoms with Crippen LogP contribution in [0.25, 0.3) is 0 Å². The first-order chi connectivity index (χ1) is 14.5. The van der Waals surface area contributed by atoms with E-state index in [4.69, 9.17) is 4.74 Å². The van der Waals surface area contributed by atoms with Gasteiger partial charge in [0.05, 0.1) is 18.0 Å². The van der Waals surface area contributed by atoms with Gasteiger partial charge < -0.3 is 15.4 Å². The quantitative estimate of drug-likeness (QED) is 0.272. The van der Waals surface area contributed by atoms with Gasteiger partial charge in [0, 0.05) is 26.7 Å². The van der Waals surface area contributed by atoms with Crippen LogP contribution in [0.15, 0.2) is 64.5 Å². The van der Waals surface area contributed by atoms with Crippen molar-refractivity contribution in [2.24, 2.45) is 4.99 Å². The Bertz CT molecular complexity index is 869. The number of hydrogen-bond donors (Lipinski definition) is 3. The molecule has 0 radical (unpaired) electrons. The average molecular weight is 433 g/mol. The molecule has 0 fully saturated rings. The van der Waals surface area contributed by atoms with E-state index in [1.165, 1.54) is 12.7 Å². The first kappa shape index (κ1) is 23.9. The number of nitrogens with one attached hydrogen (secondary N) is 3. The minimum Gasteiger partial charge on any atom is -0.383 e. The highest BCUT2D eigenvalue weighted by molar-refractivity contribution is 7.89. The number of guanidine groups is 1. The zero-order valence-corrected chi connectivity index (χ0v) is 18.5. The Kier molecular flexibility index (Phi) is 10.3. The van der Waals surface area contributed by atoms with Gasteiger partial charge in [-0.05, 0) is 43.0 Å². The third kappa shape index (κ3) is 8.52. The predicted octanol–water partition coefficient (Wildman–Crippen LogP) is 2.30. The first-order valence-electron chi connectivity index (χ1n) is 10.2. The molecular weight excluding hydrogens is 400 g/mol. The summed E-state index contributed by atoms with van der Waals surface area (Å²) in [5.74, 6) is 0.753. The van der Waals surface area contributed by atoms with Crippen LogP contribution in [-0.2, 0) is 27.7 Å². The van der Waals surface area contributed by atoms with E-state index in [0.717, 1.165) is 37.5 Å². The molecule has 0 unspecified atom stereocenters. The van der Waals surface area contributed by atoms with Crippen LogP contribution in [-0.4, -0.2) is 47.7 Å². The second kappa shape index (κ2) is 13.0. The van der Waals surface area contributed by atoms with Crippen molar-refractivity contribution in [2.75, 3.05) is 33.4 Å². The van der Waals surface area contributed by atoms with Gasteiger partial charge in [0.25, 0.3) is 0 Å². The first-order valence-corrected chi connectivity index (χ1v) is 11.7. The molecule has 0 spiro atoms. The van der Waals surface area contributed by atoms with Gasteiger partial charge >= 0.3 is 0 Å². The van der Waals surface area contributed by atoms with Gasteiger partial charge in [-0.1, -0.05) is 42.5 Å². The molecule has 2 aromatic carbocycles. The van der Waals surface area contributed by atoms with Crippen LogP contribution < -0.4 is 15.4 Å². The highest BCUT2D eigenvalue weighted by Gasteiger charge is 2.12. The number of methoxy groups -OCH3 is 1. The molecule has 0 saturated heterocycles. The van der Waals surface area contributed by atoms with Crippen LogP contribution in [0.5, 0.6) is 0 Å². The van der Waals surface area contributed by atoms with Crippen molar-refractivity contribution in [3.05, 3.63) is 65.7 Å². The summed E-state index contributed by atoms with van der Waals surface area (Å²) >= 11 is 0. The number of hydrogen-bond acceptors (Lipinski definition) is 4. The lowest BCUT2D eigenvalue weighted by Gasteiger charge is -2.11. The largest absolute Gasteiger partial charge is 0.383 e. The Morgan fingerprint density at radius 2 is 1.70 bits per heavy atom. The van der Waals surface area contributed by atoms with Gasteiger partial charge in [-0.25, -0.2) is 18.1 Å². The van der Waals surface area contributed by atoms with Crippen molar-refractivity contribution in [3.8, 4) is 0 Å². The van der Waals surface area contributed by atoms with Crippen LogP contribution in [0.4, 0.5) is 0 Å². The summed E-state index contributed by atoms with van der Waals surface area (Å²) in [6.07, 6.45) is 2.03. The maximum Gasteiger partial charge on any atom is 0.240 e. The summed E-state index contributed by atoms with van der Waals surface area (Å²) in [7, 11) is -1.99. The van der Waals surface area contributed by atoms with Gasteiger partial charge in [0.2, 0.25) is 10.0 Å². The number of nitrogens with zero attached hydrogens (tertiary/aromatic N) is 1. The van der Waals surface area contributed by atoms with Gasteiger partial charge in [0.1, 0.15) is 0 Å². The van der Waals surface area contributed by atoms with Crippen LogP contribution in [0.1, 0.15) is 24.5 Å². The molecule has 7 nitrogen and oxygen atoms in total. The van der Waals surface area contributed by atoms with Crippen LogP contribution in [0, 0.1) is 0 Å². The smallest absolute Gasteiger partial charge is 0.240 e. The lowest BCUT2D eigenvalue weighted by Crippen LogP contribution is -2.37. The summed E-state index contributed by atoms with van der Waals surface area (Å²) < 4.78 is 31.8. The molecular formula is C22H32N4O3S. The third-order valence-electron chi connectivity index (χ3n) is 4.37. The summed E-state index contributed by atoms with van der Waals surface area (Å²) in [4.78, 5) is 4.83. The normalized spacial score (nSPS) is 12.0. The van der Waals surface area contributed by atoms with Crippen molar-refractivity contribution in [3.63, 3.8) is 0 Å². The molecule has 0 aliphatic carbocycles. The van der Waals surface area contributed by atoms with E-state index in [9.17, 15) is 8.42 Å². The Hall–Kier alpha value is -2.42. The van der Waals surface area contributed by atoms with E-state index in [1.54, 1.807) is 24.3 Å². The minimum absolute atomic E-state index is 0.234. The molecule has 0 atom stereocenters. The van der Waals surface area contributed by atoms with Gasteiger partial charge in [0.15, 0.2) is 5.96 Å². The van der Waals surface area contributed by atoms with Crippen LogP contribution in [0.2, 0.25) is 0 Å². The van der Waals surface area contributed by atoms with E-state index in [0.29, 0.717) is 13.2 Å². The van der Waals surface area contributed by atoms with E-state index < -0.39 is 10.0 Å². The minimum atomic E-state index is -3.52. The maximum atomic E-state index is 12.2. The second-order valence-electron chi connectivity index (χ2n) is 6.75. The summed E-state index contributed by atoms with van der Waals surface area (Å²) in [5, 5.41) is 6.58. The van der Waals surface area contributed by atoms with Gasteiger partial charge in [-0.15, -0.1) is 0 Å². The number of rotatable bonds is 12. The van der Waals surface area contributed by atoms with E-state index in [1.807, 2.05) is 13.0 Å². The van der Waals surface area contributed by atoms with E-state index >= 15 is 0 Å². The molecule has 0 aliphatic heterocycles. The summed E-state index contributed by atoms with van der Waals surface area (Å²) in [5.41, 5.74) is 2.26. The molecule has 0 heterocycles. The zero-order valence-electron chi connectivity index (χ0n) is 17.7. The molecule has 2 rings (SSSR count). The van der Waals surface area contributed by atoms with Crippen molar-refractivity contribution in [2.45, 2.75) is 31.2 Å². The molecule has 2 aromatic rings. The predicted molar refractivity (Wildman–Crippen MR) is 121 cm³/mol. The highest BCUT2D eigenvalue weighted by atomic mass is 32.2. The number of aryl methyl sites for hydroxylation is 1. The molecule has 0 saturated carbocycles. The monoisotopic (exact) mass is 432 g/mol. The molecule has 3 N–H and O–H groups in total. The Labute approximate surface area is 180 Å². The standard InChI is InChI=1S/C22H32N4O3S/c1-3-23-22(24-15-7-10-19-8-5-4-6-9-19)25-18-20-11-13-21(14-12-20)30(27,28)26-16-17-29-2/h4-6,8-9,11-14,26H,3,7,10,15-18H2,1-2H3,(H2,23,24,25). The number of aliphatic imine (C=N–C) groups is 1. The van der Waals surface area contributed by atoms with Crippen molar-refractivity contribution in [1.29, 1.82) is 0 Å². The third-order valence-corrected chi connectivity index (χ3v) is 5.85. The molecule has 8 heteroatoms. The zero-order chi connectivity index (χ0) is 21.7. The number of sulfonamides is 1. The lowest BCUT2D eigenvalue weighted by molar-refractivity contribution is 0.204. The maximum absolute atomic E-state index is 12.2. The Morgan fingerprint density at radius 3 is 2.37 bits per heavy atom. The highest BCUT2D eigenvalue weighted by Crippen LogP contribution is 2.11. The fourth-order valence-electron chi connectivity index (χ4n) is 2.79. The Balaban J connectivity index is 1.86. The molecule has 164 valence electrons. The van der Waals surface area contributed by atoms with E-state index in [-0.39, 0.29) is 11.4 Å². The van der Waals surface area contributed by atoms with Crippen molar-refractivity contribution in [1.82, 2.24) is 15.4 Å². The van der Waals surface area contributed by atoms with Gasteiger partial charge in [-0.2, -0.15) is 0 Å². The molecule has 0 aliphatic rings. The summed E-state index contributed by atoms with van der Waals surface area (Å²) in [6, 6.07) is 17.2. The fourth-order valence-corrected chi connectivity index (χ4v) is 3.80. The number of ether oxygens (including phenoxy) is 1. The van der Waals surface area contributed by atoms with Crippen LogP contribution in [0.3, 0.4) is 0 Å². The molecule has 0 bridgehead atoms. The fraction of sp³-hybridized carbons (Fsp3) is 0.409. The van der Waals surface area contributed by atoms with Gasteiger partial charge in [-0.3, -0.25) is 0 Å².